The van der Waals surface area contributed by atoms with Crippen molar-refractivity contribution >= 4 is 23.5 Å². The van der Waals surface area contributed by atoms with Crippen LogP contribution in [0.4, 0.5) is 8.78 Å². The van der Waals surface area contributed by atoms with Crippen LogP contribution < -0.4 is 0 Å². The van der Waals surface area contributed by atoms with Gasteiger partial charge < -0.3 is 5.11 Å². The lowest BCUT2D eigenvalue weighted by molar-refractivity contribution is 0.104. The van der Waals surface area contributed by atoms with Crippen LogP contribution >= 0.6 is 11.6 Å². The van der Waals surface area contributed by atoms with Gasteiger partial charge in [0.2, 0.25) is 5.78 Å². The van der Waals surface area contributed by atoms with Gasteiger partial charge in [0.05, 0.1) is 5.02 Å². The molecular weight excluding hydrogens is 300 g/mol. The van der Waals surface area contributed by atoms with E-state index in [1.807, 2.05) is 0 Å². The number of carbonyl (C=O) groups is 1. The Bertz CT molecular complexity index is 685. The second-order valence-electron chi connectivity index (χ2n) is 4.19. The van der Waals surface area contributed by atoms with Crippen molar-refractivity contribution in [3.63, 3.8) is 0 Å². The fraction of sp³-hybridized carbons (Fsp3) is 0.0667. The Hall–Kier alpha value is -2.27. The van der Waals surface area contributed by atoms with Gasteiger partial charge in [0.15, 0.2) is 5.69 Å². The van der Waals surface area contributed by atoms with Gasteiger partial charge in [0.1, 0.15) is 5.75 Å². The van der Waals surface area contributed by atoms with Crippen molar-refractivity contribution < 1.29 is 18.7 Å². The maximum Gasteiger partial charge on any atom is 0.263 e. The quantitative estimate of drug-likeness (QED) is 0.677. The van der Waals surface area contributed by atoms with Crippen molar-refractivity contribution in [2.24, 2.45) is 0 Å². The fourth-order valence-electron chi connectivity index (χ4n) is 1.62. The molecule has 0 aliphatic heterocycles. The van der Waals surface area contributed by atoms with E-state index in [9.17, 15) is 18.7 Å². The number of aromatic nitrogens is 1. The van der Waals surface area contributed by atoms with Crippen LogP contribution in [0.25, 0.3) is 6.08 Å². The van der Waals surface area contributed by atoms with Gasteiger partial charge >= 0.3 is 0 Å². The van der Waals surface area contributed by atoms with Gasteiger partial charge in [0, 0.05) is 17.8 Å². The van der Waals surface area contributed by atoms with Crippen LogP contribution in [-0.4, -0.2) is 15.9 Å². The molecule has 3 nitrogen and oxygen atoms in total. The molecule has 0 aliphatic rings. The third kappa shape index (κ3) is 3.86. The average molecular weight is 310 g/mol. The summed E-state index contributed by atoms with van der Waals surface area (Å²) in [7, 11) is 0. The molecule has 2 rings (SSSR count). The minimum absolute atomic E-state index is 0.0875. The zero-order chi connectivity index (χ0) is 15.4. The van der Waals surface area contributed by atoms with Crippen LogP contribution in [0.5, 0.6) is 5.75 Å². The van der Waals surface area contributed by atoms with Crippen LogP contribution in [0.2, 0.25) is 5.02 Å². The molecule has 1 N–H and O–H groups in total. The summed E-state index contributed by atoms with van der Waals surface area (Å²) in [5.74, 6) is -0.827. The normalized spacial score (nSPS) is 11.2. The molecule has 0 saturated carbocycles. The monoisotopic (exact) mass is 309 g/mol. The summed E-state index contributed by atoms with van der Waals surface area (Å²) in [6.07, 6.45) is 1.38. The number of aromatic hydroxyl groups is 1. The Morgan fingerprint density at radius 3 is 2.52 bits per heavy atom. The maximum absolute atomic E-state index is 12.4. The predicted molar refractivity (Wildman–Crippen MR) is 75.7 cm³/mol. The number of benzene rings is 1. The fourth-order valence-corrected chi connectivity index (χ4v) is 1.77. The number of alkyl halides is 2. The zero-order valence-electron chi connectivity index (χ0n) is 10.6. The van der Waals surface area contributed by atoms with Gasteiger partial charge in [-0.15, -0.1) is 0 Å². The lowest BCUT2D eigenvalue weighted by atomic mass is 10.1. The molecule has 0 atom stereocenters. The van der Waals surface area contributed by atoms with Crippen molar-refractivity contribution in [3.8, 4) is 5.75 Å². The Kier molecular flexibility index (Phi) is 4.65. The highest BCUT2D eigenvalue weighted by Crippen LogP contribution is 2.21. The highest BCUT2D eigenvalue weighted by atomic mass is 35.5. The predicted octanol–water partition coefficient (Wildman–Crippen LogP) is 4.27. The molecule has 6 heteroatoms. The minimum Gasteiger partial charge on any atom is -0.505 e. The van der Waals surface area contributed by atoms with Crippen molar-refractivity contribution in [1.82, 2.24) is 4.98 Å². The molecule has 2 aromatic rings. The molecule has 0 bridgehead atoms. The average Bonchev–Trinajstić information content (AvgIpc) is 2.45. The first kappa shape index (κ1) is 15.1. The molecule has 0 amide bonds. The summed E-state index contributed by atoms with van der Waals surface area (Å²) in [4.78, 5) is 15.6. The third-order valence-electron chi connectivity index (χ3n) is 2.68. The Balaban J connectivity index is 2.15. The number of halogens is 3. The molecule has 1 heterocycles. The topological polar surface area (TPSA) is 50.2 Å². The Labute approximate surface area is 124 Å². The van der Waals surface area contributed by atoms with E-state index in [4.69, 9.17) is 11.6 Å². The summed E-state index contributed by atoms with van der Waals surface area (Å²) in [6, 6.07) is 6.73. The summed E-state index contributed by atoms with van der Waals surface area (Å²) in [5, 5.41) is 9.79. The second kappa shape index (κ2) is 6.45. The van der Waals surface area contributed by atoms with Gasteiger partial charge in [-0.2, -0.15) is 0 Å². The summed E-state index contributed by atoms with van der Waals surface area (Å²) in [6.45, 7) is 0. The SMILES string of the molecule is O=C(C=Cc1ccc(C(F)F)cc1)c1ncc(Cl)cc1O. The lowest BCUT2D eigenvalue weighted by Gasteiger charge is -2.01. The van der Waals surface area contributed by atoms with Crippen LogP contribution in [0.1, 0.15) is 28.0 Å². The van der Waals surface area contributed by atoms with E-state index >= 15 is 0 Å². The standard InChI is InChI=1S/C15H10ClF2NO2/c16-11-7-13(21)14(19-8-11)12(20)6-3-9-1-4-10(5-2-9)15(17)18/h1-8,15,21H. The highest BCUT2D eigenvalue weighted by Gasteiger charge is 2.10. The zero-order valence-corrected chi connectivity index (χ0v) is 11.4. The second-order valence-corrected chi connectivity index (χ2v) is 4.62. The lowest BCUT2D eigenvalue weighted by Crippen LogP contribution is -1.98. The van der Waals surface area contributed by atoms with Crippen LogP contribution in [0.3, 0.4) is 0 Å². The number of rotatable bonds is 4. The molecular formula is C15H10ClF2NO2. The summed E-state index contributed by atoms with van der Waals surface area (Å²) < 4.78 is 24.8. The molecule has 21 heavy (non-hydrogen) atoms. The van der Waals surface area contributed by atoms with Gasteiger partial charge in [-0.1, -0.05) is 41.9 Å². The van der Waals surface area contributed by atoms with Crippen LogP contribution in [0.15, 0.2) is 42.6 Å². The minimum atomic E-state index is -2.53. The number of pyridine rings is 1. The van der Waals surface area contributed by atoms with Crippen molar-refractivity contribution in [2.75, 3.05) is 0 Å². The van der Waals surface area contributed by atoms with E-state index < -0.39 is 12.2 Å². The number of carbonyl (C=O) groups excluding carboxylic acids is 1. The highest BCUT2D eigenvalue weighted by molar-refractivity contribution is 6.30. The Morgan fingerprint density at radius 1 is 1.29 bits per heavy atom. The molecule has 1 aromatic heterocycles. The van der Waals surface area contributed by atoms with Gasteiger partial charge in [-0.05, 0) is 11.6 Å². The first-order valence-electron chi connectivity index (χ1n) is 5.92. The van der Waals surface area contributed by atoms with E-state index in [-0.39, 0.29) is 22.0 Å². The molecule has 108 valence electrons. The first-order chi connectivity index (χ1) is 9.97. The number of hydrogen-bond donors (Lipinski definition) is 1. The van der Waals surface area contributed by atoms with Crippen LogP contribution in [0, 0.1) is 0 Å². The van der Waals surface area contributed by atoms with Crippen molar-refractivity contribution in [3.05, 3.63) is 64.4 Å². The summed E-state index contributed by atoms with van der Waals surface area (Å²) in [5.41, 5.74) is 0.372. The third-order valence-corrected chi connectivity index (χ3v) is 2.89. The molecule has 0 spiro atoms. The number of hydrogen-bond acceptors (Lipinski definition) is 3. The molecule has 0 radical (unpaired) electrons. The van der Waals surface area contributed by atoms with Crippen LogP contribution in [-0.2, 0) is 0 Å². The van der Waals surface area contributed by atoms with Crippen molar-refractivity contribution in [2.45, 2.75) is 6.43 Å². The molecule has 0 aliphatic carbocycles. The van der Waals surface area contributed by atoms with E-state index in [0.717, 1.165) is 0 Å². The van der Waals surface area contributed by atoms with Gasteiger partial charge in [-0.25, -0.2) is 13.8 Å². The maximum atomic E-state index is 12.4. The molecule has 0 fully saturated rings. The smallest absolute Gasteiger partial charge is 0.263 e. The first-order valence-corrected chi connectivity index (χ1v) is 6.30. The molecule has 1 aromatic carbocycles. The Morgan fingerprint density at radius 2 is 1.95 bits per heavy atom. The number of nitrogens with zero attached hydrogens (tertiary/aromatic N) is 1. The van der Waals surface area contributed by atoms with Gasteiger partial charge in [-0.3, -0.25) is 4.79 Å². The number of allylic oxidation sites excluding steroid dienone is 1. The largest absolute Gasteiger partial charge is 0.505 e. The van der Waals surface area contributed by atoms with Crippen molar-refractivity contribution in [1.29, 1.82) is 0 Å². The van der Waals surface area contributed by atoms with E-state index in [2.05, 4.69) is 4.98 Å². The number of ketones is 1. The van der Waals surface area contributed by atoms with E-state index in [1.54, 1.807) is 0 Å². The van der Waals surface area contributed by atoms with E-state index in [1.165, 1.54) is 48.7 Å². The summed E-state index contributed by atoms with van der Waals surface area (Å²) >= 11 is 5.62. The van der Waals surface area contributed by atoms with Gasteiger partial charge in [0.25, 0.3) is 6.43 Å². The molecule has 0 unspecified atom stereocenters. The molecule has 0 saturated heterocycles. The van der Waals surface area contributed by atoms with E-state index in [0.29, 0.717) is 5.56 Å².